The van der Waals surface area contributed by atoms with Crippen LogP contribution in [0.3, 0.4) is 0 Å². The lowest BCUT2D eigenvalue weighted by atomic mass is 10.1. The van der Waals surface area contributed by atoms with E-state index in [-0.39, 0.29) is 0 Å². The molecule has 1 N–H and O–H groups in total. The summed E-state index contributed by atoms with van der Waals surface area (Å²) < 4.78 is 0. The molecule has 172 valence electrons. The summed E-state index contributed by atoms with van der Waals surface area (Å²) in [4.78, 5) is 0. The standard InChI is InChI=1S/C34H31N/c1-27-11-15-29(16-12-27)7-3-5-9-31-19-23-33(24-20-31)35-34-25-21-32(22-26-34)10-6-4-8-30-17-13-28(2)14-18-30/h3-26,35H,1-2H3/b7-3+,8-4+,9-5+,10-6+. The number of allylic oxidation sites excluding steroid dienone is 4. The lowest BCUT2D eigenvalue weighted by molar-refractivity contribution is 1.46. The first-order chi connectivity index (χ1) is 17.1. The molecular formula is C34H31N. The maximum absolute atomic E-state index is 3.47. The van der Waals surface area contributed by atoms with E-state index in [0.29, 0.717) is 0 Å². The Morgan fingerprint density at radius 2 is 0.629 bits per heavy atom. The second-order valence-corrected chi connectivity index (χ2v) is 8.63. The first-order valence-corrected chi connectivity index (χ1v) is 11.9. The third-order valence-corrected chi connectivity index (χ3v) is 5.64. The van der Waals surface area contributed by atoms with Gasteiger partial charge in [-0.15, -0.1) is 0 Å². The summed E-state index contributed by atoms with van der Waals surface area (Å²) in [6.45, 7) is 4.21. The molecule has 0 amide bonds. The van der Waals surface area contributed by atoms with Crippen LogP contribution in [-0.4, -0.2) is 0 Å². The number of nitrogens with one attached hydrogen (secondary N) is 1. The Kier molecular flexibility index (Phi) is 8.29. The molecule has 1 heteroatoms. The van der Waals surface area contributed by atoms with Crippen molar-refractivity contribution in [1.82, 2.24) is 0 Å². The third kappa shape index (κ3) is 7.87. The Hall–Kier alpha value is -4.36. The molecule has 0 spiro atoms. The fourth-order valence-electron chi connectivity index (χ4n) is 3.54. The molecule has 0 fully saturated rings. The van der Waals surface area contributed by atoms with E-state index in [0.717, 1.165) is 11.4 Å². The summed E-state index contributed by atoms with van der Waals surface area (Å²) in [7, 11) is 0. The largest absolute Gasteiger partial charge is 0.356 e. The average molecular weight is 454 g/mol. The average Bonchev–Trinajstić information content (AvgIpc) is 2.88. The van der Waals surface area contributed by atoms with Crippen molar-refractivity contribution in [3.05, 3.63) is 155 Å². The fraction of sp³-hybridized carbons (Fsp3) is 0.0588. The van der Waals surface area contributed by atoms with Crippen LogP contribution in [-0.2, 0) is 0 Å². The topological polar surface area (TPSA) is 12.0 Å². The number of anilines is 2. The summed E-state index contributed by atoms with van der Waals surface area (Å²) in [6.07, 6.45) is 16.8. The van der Waals surface area contributed by atoms with Gasteiger partial charge in [0.1, 0.15) is 0 Å². The summed E-state index contributed by atoms with van der Waals surface area (Å²) in [6, 6.07) is 33.9. The van der Waals surface area contributed by atoms with Gasteiger partial charge < -0.3 is 5.32 Å². The van der Waals surface area contributed by atoms with E-state index >= 15 is 0 Å². The molecule has 0 unspecified atom stereocenters. The number of hydrogen-bond donors (Lipinski definition) is 1. The van der Waals surface area contributed by atoms with Crippen LogP contribution in [0.4, 0.5) is 11.4 Å². The molecule has 0 heterocycles. The van der Waals surface area contributed by atoms with Crippen LogP contribution in [0.2, 0.25) is 0 Å². The number of aryl methyl sites for hydroxylation is 2. The minimum absolute atomic E-state index is 1.07. The highest BCUT2D eigenvalue weighted by molar-refractivity contribution is 5.65. The molecule has 0 saturated carbocycles. The second kappa shape index (κ2) is 12.2. The Balaban J connectivity index is 1.27. The van der Waals surface area contributed by atoms with E-state index in [2.05, 4.69) is 165 Å². The van der Waals surface area contributed by atoms with Gasteiger partial charge in [-0.1, -0.05) is 133 Å². The predicted molar refractivity (Wildman–Crippen MR) is 155 cm³/mol. The van der Waals surface area contributed by atoms with E-state index < -0.39 is 0 Å². The monoisotopic (exact) mass is 453 g/mol. The van der Waals surface area contributed by atoms with Gasteiger partial charge in [0.25, 0.3) is 0 Å². The molecule has 4 aromatic rings. The highest BCUT2D eigenvalue weighted by Crippen LogP contribution is 2.19. The molecule has 4 rings (SSSR count). The molecule has 4 aromatic carbocycles. The lowest BCUT2D eigenvalue weighted by Gasteiger charge is -2.07. The van der Waals surface area contributed by atoms with E-state index in [1.165, 1.54) is 33.4 Å². The van der Waals surface area contributed by atoms with Crippen molar-refractivity contribution in [3.8, 4) is 0 Å². The van der Waals surface area contributed by atoms with E-state index in [9.17, 15) is 0 Å². The molecule has 35 heavy (non-hydrogen) atoms. The van der Waals surface area contributed by atoms with Crippen molar-refractivity contribution in [2.24, 2.45) is 0 Å². The van der Waals surface area contributed by atoms with Crippen LogP contribution in [0.1, 0.15) is 33.4 Å². The van der Waals surface area contributed by atoms with Gasteiger partial charge in [-0.25, -0.2) is 0 Å². The molecule has 0 aliphatic heterocycles. The van der Waals surface area contributed by atoms with Gasteiger partial charge >= 0.3 is 0 Å². The van der Waals surface area contributed by atoms with Crippen molar-refractivity contribution in [3.63, 3.8) is 0 Å². The minimum Gasteiger partial charge on any atom is -0.356 e. The summed E-state index contributed by atoms with van der Waals surface area (Å²) in [5.41, 5.74) is 9.46. The quantitative estimate of drug-likeness (QED) is 0.262. The van der Waals surface area contributed by atoms with Crippen LogP contribution in [0.25, 0.3) is 24.3 Å². The number of hydrogen-bond acceptors (Lipinski definition) is 1. The normalized spacial score (nSPS) is 11.8. The smallest absolute Gasteiger partial charge is 0.0384 e. The Bertz CT molecular complexity index is 1210. The van der Waals surface area contributed by atoms with Crippen molar-refractivity contribution < 1.29 is 0 Å². The Morgan fingerprint density at radius 3 is 0.914 bits per heavy atom. The van der Waals surface area contributed by atoms with E-state index in [1.807, 2.05) is 0 Å². The zero-order valence-corrected chi connectivity index (χ0v) is 20.4. The molecule has 0 radical (unpaired) electrons. The van der Waals surface area contributed by atoms with Crippen molar-refractivity contribution in [1.29, 1.82) is 0 Å². The zero-order valence-electron chi connectivity index (χ0n) is 20.4. The first-order valence-electron chi connectivity index (χ1n) is 11.9. The van der Waals surface area contributed by atoms with Gasteiger partial charge in [0.2, 0.25) is 0 Å². The lowest BCUT2D eigenvalue weighted by Crippen LogP contribution is -1.89. The number of rotatable bonds is 8. The van der Waals surface area contributed by atoms with Crippen molar-refractivity contribution >= 4 is 35.7 Å². The minimum atomic E-state index is 1.07. The first kappa shape index (κ1) is 23.8. The highest BCUT2D eigenvalue weighted by Gasteiger charge is 1.95. The summed E-state index contributed by atoms with van der Waals surface area (Å²) in [5.74, 6) is 0. The SMILES string of the molecule is Cc1ccc(/C=C/C=C/c2ccc(Nc3ccc(/C=C/C=C/c4ccc(C)cc4)cc3)cc2)cc1. The molecule has 0 bridgehead atoms. The second-order valence-electron chi connectivity index (χ2n) is 8.63. The molecule has 1 nitrogen and oxygen atoms in total. The van der Waals surface area contributed by atoms with Crippen LogP contribution in [0, 0.1) is 13.8 Å². The van der Waals surface area contributed by atoms with Crippen molar-refractivity contribution in [2.45, 2.75) is 13.8 Å². The van der Waals surface area contributed by atoms with Gasteiger partial charge in [0.15, 0.2) is 0 Å². The molecule has 0 aliphatic rings. The van der Waals surface area contributed by atoms with Gasteiger partial charge in [0, 0.05) is 11.4 Å². The van der Waals surface area contributed by atoms with E-state index in [1.54, 1.807) is 0 Å². The van der Waals surface area contributed by atoms with Gasteiger partial charge in [-0.3, -0.25) is 0 Å². The van der Waals surface area contributed by atoms with E-state index in [4.69, 9.17) is 0 Å². The summed E-state index contributed by atoms with van der Waals surface area (Å²) >= 11 is 0. The fourth-order valence-corrected chi connectivity index (χ4v) is 3.54. The molecular weight excluding hydrogens is 422 g/mol. The van der Waals surface area contributed by atoms with Crippen LogP contribution in [0.5, 0.6) is 0 Å². The number of benzene rings is 4. The maximum Gasteiger partial charge on any atom is 0.0384 e. The van der Waals surface area contributed by atoms with Crippen LogP contribution in [0.15, 0.2) is 121 Å². The van der Waals surface area contributed by atoms with Gasteiger partial charge in [0.05, 0.1) is 0 Å². The zero-order chi connectivity index (χ0) is 24.3. The molecule has 0 saturated heterocycles. The molecule has 0 aromatic heterocycles. The molecule has 0 aliphatic carbocycles. The predicted octanol–water partition coefficient (Wildman–Crippen LogP) is 9.50. The van der Waals surface area contributed by atoms with Crippen LogP contribution < -0.4 is 5.32 Å². The summed E-state index contributed by atoms with van der Waals surface area (Å²) in [5, 5.41) is 3.47. The Morgan fingerprint density at radius 1 is 0.371 bits per heavy atom. The third-order valence-electron chi connectivity index (χ3n) is 5.64. The van der Waals surface area contributed by atoms with Crippen molar-refractivity contribution in [2.75, 3.05) is 5.32 Å². The van der Waals surface area contributed by atoms with Crippen LogP contribution >= 0.6 is 0 Å². The Labute approximate surface area is 209 Å². The van der Waals surface area contributed by atoms with Gasteiger partial charge in [-0.2, -0.15) is 0 Å². The maximum atomic E-state index is 3.47. The molecule has 0 atom stereocenters. The highest BCUT2D eigenvalue weighted by atomic mass is 14.9. The van der Waals surface area contributed by atoms with Gasteiger partial charge in [-0.05, 0) is 60.4 Å².